The highest BCUT2D eigenvalue weighted by molar-refractivity contribution is 5.62. The van der Waals surface area contributed by atoms with E-state index in [2.05, 4.69) is 20.3 Å². The molecule has 0 radical (unpaired) electrons. The summed E-state index contributed by atoms with van der Waals surface area (Å²) < 4.78 is 15.6. The molecule has 7 nitrogen and oxygen atoms in total. The van der Waals surface area contributed by atoms with Gasteiger partial charge in [0.15, 0.2) is 17.3 Å². The second-order valence-electron chi connectivity index (χ2n) is 4.07. The lowest BCUT2D eigenvalue weighted by Gasteiger charge is -2.10. The van der Waals surface area contributed by atoms with Crippen LogP contribution in [0.1, 0.15) is 6.92 Å². The molecule has 21 heavy (non-hydrogen) atoms. The van der Waals surface area contributed by atoms with E-state index in [1.807, 2.05) is 19.1 Å². The molecule has 1 aromatic heterocycles. The number of aromatic nitrogens is 3. The van der Waals surface area contributed by atoms with Crippen LogP contribution in [-0.4, -0.2) is 42.8 Å². The van der Waals surface area contributed by atoms with Crippen LogP contribution >= 0.6 is 0 Å². The second-order valence-corrected chi connectivity index (χ2v) is 4.07. The van der Waals surface area contributed by atoms with Crippen molar-refractivity contribution in [2.24, 2.45) is 0 Å². The molecule has 112 valence electrons. The summed E-state index contributed by atoms with van der Waals surface area (Å²) in [4.78, 5) is 12.7. The van der Waals surface area contributed by atoms with Gasteiger partial charge in [0.1, 0.15) is 0 Å². The summed E-state index contributed by atoms with van der Waals surface area (Å²) in [6.45, 7) is 2.67. The first-order chi connectivity index (χ1) is 10.2. The van der Waals surface area contributed by atoms with E-state index in [9.17, 15) is 0 Å². The van der Waals surface area contributed by atoms with Crippen molar-refractivity contribution in [2.45, 2.75) is 6.92 Å². The van der Waals surface area contributed by atoms with Gasteiger partial charge in [-0.1, -0.05) is 0 Å². The molecular formula is C14H18N4O3. The maximum Gasteiger partial charge on any atom is 0.321 e. The van der Waals surface area contributed by atoms with E-state index in [1.165, 1.54) is 7.11 Å². The zero-order valence-corrected chi connectivity index (χ0v) is 12.5. The Morgan fingerprint density at radius 3 is 2.33 bits per heavy atom. The predicted molar refractivity (Wildman–Crippen MR) is 79.1 cm³/mol. The summed E-state index contributed by atoms with van der Waals surface area (Å²) in [5, 5.41) is 3.05. The number of anilines is 1. The molecule has 1 aromatic carbocycles. The van der Waals surface area contributed by atoms with Crippen LogP contribution in [0.5, 0.6) is 17.5 Å². The first-order valence-corrected chi connectivity index (χ1v) is 6.48. The zero-order valence-electron chi connectivity index (χ0n) is 12.5. The average Bonchev–Trinajstić information content (AvgIpc) is 2.54. The summed E-state index contributed by atoms with van der Waals surface area (Å²) in [6.07, 6.45) is 0. The molecule has 0 aliphatic rings. The molecule has 1 N–H and O–H groups in total. The number of rotatable bonds is 6. The van der Waals surface area contributed by atoms with Gasteiger partial charge in [-0.25, -0.2) is 0 Å². The lowest BCUT2D eigenvalue weighted by Crippen LogP contribution is -2.06. The van der Waals surface area contributed by atoms with Crippen molar-refractivity contribution >= 4 is 5.95 Å². The first-order valence-electron chi connectivity index (χ1n) is 6.48. The molecule has 0 fully saturated rings. The standard InChI is InChI=1S/C14H18N4O3/c1-5-15-13-16-12(17-14(18-13)21-4)9-6-7-10(19-2)11(8-9)20-3/h6-8H,5H2,1-4H3,(H,15,16,17,18). The van der Waals surface area contributed by atoms with Crippen LogP contribution < -0.4 is 19.5 Å². The van der Waals surface area contributed by atoms with Gasteiger partial charge in [-0.2, -0.15) is 15.0 Å². The van der Waals surface area contributed by atoms with Crippen LogP contribution in [0.2, 0.25) is 0 Å². The largest absolute Gasteiger partial charge is 0.493 e. The van der Waals surface area contributed by atoms with Crippen molar-refractivity contribution < 1.29 is 14.2 Å². The Kier molecular flexibility index (Phi) is 4.76. The fourth-order valence-corrected chi connectivity index (χ4v) is 1.79. The highest BCUT2D eigenvalue weighted by atomic mass is 16.5. The average molecular weight is 290 g/mol. The molecule has 0 amide bonds. The van der Waals surface area contributed by atoms with Crippen molar-refractivity contribution in [3.8, 4) is 28.9 Å². The van der Waals surface area contributed by atoms with E-state index >= 15 is 0 Å². The Morgan fingerprint density at radius 1 is 0.952 bits per heavy atom. The van der Waals surface area contributed by atoms with E-state index in [4.69, 9.17) is 14.2 Å². The van der Waals surface area contributed by atoms with E-state index in [0.717, 1.165) is 5.56 Å². The molecule has 0 aliphatic carbocycles. The van der Waals surface area contributed by atoms with Crippen LogP contribution in [0.15, 0.2) is 18.2 Å². The third-order valence-electron chi connectivity index (χ3n) is 2.77. The van der Waals surface area contributed by atoms with Crippen LogP contribution in [0, 0.1) is 0 Å². The van der Waals surface area contributed by atoms with E-state index in [1.54, 1.807) is 20.3 Å². The molecule has 0 unspecified atom stereocenters. The molecule has 1 heterocycles. The minimum Gasteiger partial charge on any atom is -0.493 e. The van der Waals surface area contributed by atoms with Crippen molar-refractivity contribution in [3.05, 3.63) is 18.2 Å². The van der Waals surface area contributed by atoms with E-state index in [0.29, 0.717) is 29.8 Å². The third kappa shape index (κ3) is 3.31. The number of hydrogen-bond donors (Lipinski definition) is 1. The number of nitrogens with zero attached hydrogens (tertiary/aromatic N) is 3. The third-order valence-corrected chi connectivity index (χ3v) is 2.77. The van der Waals surface area contributed by atoms with Crippen molar-refractivity contribution in [1.82, 2.24) is 15.0 Å². The molecular weight excluding hydrogens is 272 g/mol. The molecule has 2 rings (SSSR count). The van der Waals surface area contributed by atoms with Gasteiger partial charge < -0.3 is 19.5 Å². The normalized spacial score (nSPS) is 10.1. The van der Waals surface area contributed by atoms with Gasteiger partial charge in [-0.3, -0.25) is 0 Å². The van der Waals surface area contributed by atoms with Gasteiger partial charge >= 0.3 is 6.01 Å². The van der Waals surface area contributed by atoms with Crippen LogP contribution in [0.3, 0.4) is 0 Å². The second kappa shape index (κ2) is 6.74. The first kappa shape index (κ1) is 14.8. The highest BCUT2D eigenvalue weighted by Gasteiger charge is 2.11. The van der Waals surface area contributed by atoms with Crippen molar-refractivity contribution in [2.75, 3.05) is 33.2 Å². The Hall–Kier alpha value is -2.57. The molecule has 0 spiro atoms. The zero-order chi connectivity index (χ0) is 15.2. The Morgan fingerprint density at radius 2 is 1.71 bits per heavy atom. The van der Waals surface area contributed by atoms with E-state index in [-0.39, 0.29) is 6.01 Å². The van der Waals surface area contributed by atoms with Crippen LogP contribution in [0.4, 0.5) is 5.95 Å². The Balaban J connectivity index is 2.47. The van der Waals surface area contributed by atoms with E-state index < -0.39 is 0 Å². The number of methoxy groups -OCH3 is 3. The van der Waals surface area contributed by atoms with Gasteiger partial charge in [0, 0.05) is 12.1 Å². The molecule has 0 saturated heterocycles. The SMILES string of the molecule is CCNc1nc(OC)nc(-c2ccc(OC)c(OC)c2)n1. The minimum atomic E-state index is 0.255. The van der Waals surface area contributed by atoms with Crippen molar-refractivity contribution in [3.63, 3.8) is 0 Å². The van der Waals surface area contributed by atoms with Gasteiger partial charge in [0.25, 0.3) is 0 Å². The van der Waals surface area contributed by atoms with Gasteiger partial charge in [0.05, 0.1) is 21.3 Å². The molecule has 0 saturated carbocycles. The topological polar surface area (TPSA) is 78.4 Å². The van der Waals surface area contributed by atoms with Crippen molar-refractivity contribution in [1.29, 1.82) is 0 Å². The number of benzene rings is 1. The molecule has 0 atom stereocenters. The fourth-order valence-electron chi connectivity index (χ4n) is 1.79. The molecule has 0 bridgehead atoms. The summed E-state index contributed by atoms with van der Waals surface area (Å²) in [5.41, 5.74) is 0.785. The molecule has 0 aliphatic heterocycles. The maximum absolute atomic E-state index is 5.29. The van der Waals surface area contributed by atoms with Gasteiger partial charge in [-0.05, 0) is 25.1 Å². The fraction of sp³-hybridized carbons (Fsp3) is 0.357. The number of ether oxygens (including phenoxy) is 3. The number of nitrogens with one attached hydrogen (secondary N) is 1. The monoisotopic (exact) mass is 290 g/mol. The smallest absolute Gasteiger partial charge is 0.321 e. The molecule has 2 aromatic rings. The lowest BCUT2D eigenvalue weighted by atomic mass is 10.2. The summed E-state index contributed by atoms with van der Waals surface area (Å²) in [7, 11) is 4.69. The lowest BCUT2D eigenvalue weighted by molar-refractivity contribution is 0.355. The van der Waals surface area contributed by atoms with Gasteiger partial charge in [-0.15, -0.1) is 0 Å². The number of hydrogen-bond acceptors (Lipinski definition) is 7. The minimum absolute atomic E-state index is 0.255. The Labute approximate surface area is 123 Å². The summed E-state index contributed by atoms with van der Waals surface area (Å²) >= 11 is 0. The summed E-state index contributed by atoms with van der Waals surface area (Å²) in [6, 6.07) is 5.72. The van der Waals surface area contributed by atoms with Gasteiger partial charge in [0.2, 0.25) is 5.95 Å². The Bertz CT molecular complexity index is 619. The quantitative estimate of drug-likeness (QED) is 0.871. The highest BCUT2D eigenvalue weighted by Crippen LogP contribution is 2.31. The van der Waals surface area contributed by atoms with Crippen LogP contribution in [0.25, 0.3) is 11.4 Å². The maximum atomic E-state index is 5.29. The predicted octanol–water partition coefficient (Wildman–Crippen LogP) is 2.00. The molecule has 7 heteroatoms. The summed E-state index contributed by atoms with van der Waals surface area (Å²) in [5.74, 6) is 2.22. The van der Waals surface area contributed by atoms with Crippen LogP contribution in [-0.2, 0) is 0 Å².